The van der Waals surface area contributed by atoms with Gasteiger partial charge in [0.05, 0.1) is 18.7 Å². The molecular weight excluding hydrogens is 821 g/mol. The average Bonchev–Trinajstić information content (AvgIpc) is 3.71. The molecule has 346 valence electrons. The Kier molecular flexibility index (Phi) is 27.2. The lowest BCUT2D eigenvalue weighted by atomic mass is 10.0. The zero-order valence-corrected chi connectivity index (χ0v) is 35.9. The van der Waals surface area contributed by atoms with Gasteiger partial charge in [0.1, 0.15) is 24.2 Å². The summed E-state index contributed by atoms with van der Waals surface area (Å²) < 4.78 is 27.0. The van der Waals surface area contributed by atoms with Gasteiger partial charge in [0.25, 0.3) is 0 Å². The molecule has 0 fully saturated rings. The van der Waals surface area contributed by atoms with Gasteiger partial charge >= 0.3 is 11.9 Å². The van der Waals surface area contributed by atoms with Gasteiger partial charge in [-0.25, -0.2) is 18.2 Å². The molecule has 0 saturated carbocycles. The fourth-order valence-corrected chi connectivity index (χ4v) is 7.26. The number of carboxylic acids is 2. The van der Waals surface area contributed by atoms with E-state index in [0.717, 1.165) is 25.7 Å². The molecule has 21 nitrogen and oxygen atoms in total. The summed E-state index contributed by atoms with van der Waals surface area (Å²) in [7, 11) is -4.08. The highest BCUT2D eigenvalue weighted by molar-refractivity contribution is 7.90. The summed E-state index contributed by atoms with van der Waals surface area (Å²) in [6.07, 6.45) is 14.4. The second-order valence-corrected chi connectivity index (χ2v) is 16.8. The Balaban J connectivity index is 2.67. The second-order valence-electron chi connectivity index (χ2n) is 15.0. The molecule has 0 spiro atoms. The van der Waals surface area contributed by atoms with Crippen LogP contribution in [0, 0.1) is 0 Å². The number of amides is 6. The maximum atomic E-state index is 13.2. The molecule has 22 heteroatoms. The van der Waals surface area contributed by atoms with Crippen LogP contribution in [0.4, 0.5) is 0 Å². The zero-order chi connectivity index (χ0) is 45.6. The van der Waals surface area contributed by atoms with Crippen LogP contribution in [0.2, 0.25) is 0 Å². The molecule has 4 atom stereocenters. The first-order chi connectivity index (χ1) is 29.0. The number of carbonyl (C=O) groups is 8. The normalized spacial score (nSPS) is 13.2. The van der Waals surface area contributed by atoms with Gasteiger partial charge in [-0.05, 0) is 25.7 Å². The van der Waals surface area contributed by atoms with E-state index in [4.69, 9.17) is 5.73 Å². The maximum absolute atomic E-state index is 13.2. The summed E-state index contributed by atoms with van der Waals surface area (Å²) in [5, 5.41) is 37.7. The monoisotopic (exact) mass is 886 g/mol. The van der Waals surface area contributed by atoms with E-state index in [1.165, 1.54) is 63.9 Å². The highest BCUT2D eigenvalue weighted by Crippen LogP contribution is 2.13. The summed E-state index contributed by atoms with van der Waals surface area (Å²) in [5.74, 6) is -9.03. The molecule has 11 N–H and O–H groups in total. The van der Waals surface area contributed by atoms with E-state index < -0.39 is 126 Å². The molecule has 6 amide bonds. The number of aliphatic hydroxyl groups is 1. The predicted octanol–water partition coefficient (Wildman–Crippen LogP) is 0.806. The van der Waals surface area contributed by atoms with E-state index in [0.29, 0.717) is 12.1 Å². The van der Waals surface area contributed by atoms with Crippen molar-refractivity contribution in [2.45, 2.75) is 166 Å². The number of hydrogen-bond donors (Lipinski definition) is 10. The van der Waals surface area contributed by atoms with Gasteiger partial charge < -0.3 is 47.3 Å². The van der Waals surface area contributed by atoms with Crippen LogP contribution in [-0.4, -0.2) is 118 Å². The van der Waals surface area contributed by atoms with Crippen molar-refractivity contribution in [3.63, 3.8) is 0 Å². The SMILES string of the molecule is CCCCCCCCCCCCCCCC(=O)NS(=O)(=O)CCCC(=O)N[C@@H](CCC(=O)O)C(=O)N[C@@H](CO)C(=O)N[C@@H](CCC(N)=O)C(=O)N[C@@H](Cc1cnc[nH]1)C(=O)O. The molecule has 0 aliphatic rings. The molecule has 0 saturated heterocycles. The molecule has 1 rings (SSSR count). The number of nitrogens with two attached hydrogens (primary N) is 1. The smallest absolute Gasteiger partial charge is 0.326 e. The minimum absolute atomic E-state index is 0.0315. The van der Waals surface area contributed by atoms with Gasteiger partial charge in [-0.1, -0.05) is 84.0 Å². The largest absolute Gasteiger partial charge is 0.481 e. The van der Waals surface area contributed by atoms with Crippen molar-refractivity contribution in [1.29, 1.82) is 0 Å². The lowest BCUT2D eigenvalue weighted by Gasteiger charge is -2.25. The lowest BCUT2D eigenvalue weighted by Crippen LogP contribution is -2.59. The number of carboxylic acid groups (broad SMARTS) is 2. The maximum Gasteiger partial charge on any atom is 0.326 e. The topological polar surface area (TPSA) is 346 Å². The van der Waals surface area contributed by atoms with Gasteiger partial charge in [-0.2, -0.15) is 0 Å². The fourth-order valence-electron chi connectivity index (χ4n) is 6.19. The molecule has 1 aromatic heterocycles. The van der Waals surface area contributed by atoms with Crippen molar-refractivity contribution < 1.29 is 62.1 Å². The third-order valence-electron chi connectivity index (χ3n) is 9.61. The van der Waals surface area contributed by atoms with Crippen molar-refractivity contribution in [3.05, 3.63) is 18.2 Å². The van der Waals surface area contributed by atoms with Crippen LogP contribution in [0.3, 0.4) is 0 Å². The molecule has 0 unspecified atom stereocenters. The first kappa shape index (κ1) is 53.9. The number of aliphatic carboxylic acids is 2. The van der Waals surface area contributed by atoms with Gasteiger partial charge in [0, 0.05) is 44.0 Å². The molecule has 0 aliphatic heterocycles. The fraction of sp³-hybridized carbons (Fsp3) is 0.718. The summed E-state index contributed by atoms with van der Waals surface area (Å²) in [6.45, 7) is 1.15. The molecule has 1 aromatic rings. The Morgan fingerprint density at radius 3 is 1.66 bits per heavy atom. The molecule has 61 heavy (non-hydrogen) atoms. The van der Waals surface area contributed by atoms with E-state index in [-0.39, 0.29) is 19.3 Å². The minimum atomic E-state index is -4.08. The number of rotatable bonds is 36. The molecule has 0 aliphatic carbocycles. The Labute approximate surface area is 357 Å². The number of H-pyrrole nitrogens is 1. The quantitative estimate of drug-likeness (QED) is 0.0417. The van der Waals surface area contributed by atoms with E-state index in [2.05, 4.69) is 38.2 Å². The van der Waals surface area contributed by atoms with Crippen LogP contribution in [0.1, 0.15) is 141 Å². The third-order valence-corrected chi connectivity index (χ3v) is 11.0. The summed E-state index contributed by atoms with van der Waals surface area (Å²) >= 11 is 0. The standard InChI is InChI=1S/C39H66N8O13S/c1-2-3-4-5-6-7-8-9-10-11-12-13-14-16-34(51)47-61(59,60)22-15-17-33(50)43-28(19-21-35(52)53)36(54)46-31(25-48)38(56)44-29(18-20-32(40)49)37(55)45-30(39(57)58)23-27-24-41-26-42-27/h24,26,28-31,48H,2-23,25H2,1H3,(H2,40,49)(H,41,42)(H,43,50)(H,44,56)(H,45,55)(H,46,54)(H,47,51)(H,52,53)(H,57,58)/t28-,29-,30-,31-/m0/s1. The predicted molar refractivity (Wildman–Crippen MR) is 222 cm³/mol. The molecule has 0 bridgehead atoms. The number of nitrogens with one attached hydrogen (secondary N) is 6. The van der Waals surface area contributed by atoms with Gasteiger partial charge in [-0.3, -0.25) is 38.3 Å². The number of aliphatic hydroxyl groups excluding tert-OH is 1. The van der Waals surface area contributed by atoms with Gasteiger partial charge in [0.2, 0.25) is 45.5 Å². The van der Waals surface area contributed by atoms with Crippen LogP contribution in [0.25, 0.3) is 0 Å². The Morgan fingerprint density at radius 1 is 0.656 bits per heavy atom. The summed E-state index contributed by atoms with van der Waals surface area (Å²) in [4.78, 5) is 106. The van der Waals surface area contributed by atoms with Crippen molar-refractivity contribution in [1.82, 2.24) is 36.0 Å². The van der Waals surface area contributed by atoms with E-state index in [1.54, 1.807) is 0 Å². The number of unbranched alkanes of at least 4 members (excludes halogenated alkanes) is 12. The van der Waals surface area contributed by atoms with Gasteiger partial charge in [-0.15, -0.1) is 0 Å². The Bertz CT molecular complexity index is 1640. The van der Waals surface area contributed by atoms with Crippen LogP contribution in [0.15, 0.2) is 12.5 Å². The lowest BCUT2D eigenvalue weighted by molar-refractivity contribution is -0.142. The summed E-state index contributed by atoms with van der Waals surface area (Å²) in [6, 6.07) is -6.42. The zero-order valence-electron chi connectivity index (χ0n) is 35.1. The van der Waals surface area contributed by atoms with Gasteiger partial charge in [0.15, 0.2) is 0 Å². The summed E-state index contributed by atoms with van der Waals surface area (Å²) in [5.41, 5.74) is 5.56. The highest BCUT2D eigenvalue weighted by Gasteiger charge is 2.32. The molecular formula is C39H66N8O13S. The first-order valence-corrected chi connectivity index (χ1v) is 22.7. The number of carbonyl (C=O) groups excluding carboxylic acids is 6. The molecule has 1 heterocycles. The first-order valence-electron chi connectivity index (χ1n) is 21.0. The van der Waals surface area contributed by atoms with E-state index in [9.17, 15) is 62.1 Å². The minimum Gasteiger partial charge on any atom is -0.481 e. The Morgan fingerprint density at radius 2 is 1.15 bits per heavy atom. The van der Waals surface area contributed by atoms with Crippen molar-refractivity contribution in [2.75, 3.05) is 12.4 Å². The van der Waals surface area contributed by atoms with Crippen LogP contribution >= 0.6 is 0 Å². The van der Waals surface area contributed by atoms with Crippen molar-refractivity contribution >= 4 is 57.4 Å². The molecule has 0 radical (unpaired) electrons. The average molecular weight is 887 g/mol. The highest BCUT2D eigenvalue weighted by atomic mass is 32.2. The number of hydrogen-bond acceptors (Lipinski definition) is 12. The van der Waals surface area contributed by atoms with E-state index >= 15 is 0 Å². The van der Waals surface area contributed by atoms with Crippen molar-refractivity contribution in [3.8, 4) is 0 Å². The molecule has 0 aromatic carbocycles. The Hall–Kier alpha value is -5.12. The second kappa shape index (κ2) is 30.8. The van der Waals surface area contributed by atoms with Crippen molar-refractivity contribution in [2.24, 2.45) is 5.73 Å². The number of imidazole rings is 1. The number of sulfonamides is 1. The number of aromatic amines is 1. The van der Waals surface area contributed by atoms with E-state index in [1.807, 2.05) is 4.72 Å². The van der Waals surface area contributed by atoms with Crippen LogP contribution in [-0.2, 0) is 54.8 Å². The third kappa shape index (κ3) is 26.0. The van der Waals surface area contributed by atoms with Crippen LogP contribution < -0.4 is 31.7 Å². The number of primary amides is 1. The number of nitrogens with zero attached hydrogens (tertiary/aromatic N) is 1. The number of aromatic nitrogens is 2. The van der Waals surface area contributed by atoms with Crippen LogP contribution in [0.5, 0.6) is 0 Å².